The molecule has 0 radical (unpaired) electrons. The normalized spacial score (nSPS) is 19.0. The van der Waals surface area contributed by atoms with Crippen LogP contribution in [0.1, 0.15) is 29.6 Å². The highest BCUT2D eigenvalue weighted by atomic mass is 19.3. The Morgan fingerprint density at radius 3 is 2.74 bits per heavy atom. The van der Waals surface area contributed by atoms with Crippen LogP contribution in [0.5, 0.6) is 11.5 Å². The average Bonchev–Trinajstić information content (AvgIpc) is 3.11. The molecule has 9 heteroatoms. The monoisotopic (exact) mass is 427 g/mol. The number of ether oxygens (including phenoxy) is 2. The molecule has 1 fully saturated rings. The largest absolute Gasteiger partial charge is 0.486 e. The van der Waals surface area contributed by atoms with Gasteiger partial charge in [0.25, 0.3) is 5.92 Å². The summed E-state index contributed by atoms with van der Waals surface area (Å²) in [6.07, 6.45) is 1.93. The molecule has 1 aromatic heterocycles. The fourth-order valence-electron chi connectivity index (χ4n) is 3.77. The van der Waals surface area contributed by atoms with Crippen LogP contribution in [0.2, 0.25) is 0 Å². The van der Waals surface area contributed by atoms with Crippen molar-refractivity contribution < 1.29 is 27.8 Å². The zero-order chi connectivity index (χ0) is 22.0. The summed E-state index contributed by atoms with van der Waals surface area (Å²) < 4.78 is 38.3. The van der Waals surface area contributed by atoms with Crippen LogP contribution < -0.4 is 9.47 Å². The van der Waals surface area contributed by atoms with E-state index in [1.165, 1.54) is 6.20 Å². The minimum Gasteiger partial charge on any atom is -0.486 e. The molecule has 7 nitrogen and oxygen atoms in total. The van der Waals surface area contributed by atoms with Crippen molar-refractivity contribution in [2.45, 2.75) is 31.2 Å². The summed E-state index contributed by atoms with van der Waals surface area (Å²) in [6, 6.07) is 7.42. The van der Waals surface area contributed by atoms with Gasteiger partial charge in [0, 0.05) is 42.8 Å². The summed E-state index contributed by atoms with van der Waals surface area (Å²) in [6.45, 7) is 0.0964. The van der Waals surface area contributed by atoms with E-state index in [9.17, 15) is 18.4 Å². The topological polar surface area (TPSA) is 92.5 Å². The van der Waals surface area contributed by atoms with Gasteiger partial charge in [0.2, 0.25) is 5.91 Å². The van der Waals surface area contributed by atoms with Crippen LogP contribution in [0.4, 0.5) is 8.78 Å². The molecule has 31 heavy (non-hydrogen) atoms. The number of hydrogen-bond acceptors (Lipinski definition) is 6. The van der Waals surface area contributed by atoms with Gasteiger partial charge in [-0.25, -0.2) is 8.78 Å². The van der Waals surface area contributed by atoms with Gasteiger partial charge in [-0.1, -0.05) is 6.07 Å². The highest BCUT2D eigenvalue weighted by Crippen LogP contribution is 2.36. The maximum Gasteiger partial charge on any atom is 0.268 e. The Hall–Kier alpha value is -3.54. The Morgan fingerprint density at radius 1 is 1.19 bits per heavy atom. The number of carbonyl (C=O) groups is 2. The molecule has 0 bridgehead atoms. The molecule has 1 aromatic carbocycles. The molecule has 3 heterocycles. The van der Waals surface area contributed by atoms with Gasteiger partial charge in [-0.2, -0.15) is 5.26 Å². The predicted octanol–water partition coefficient (Wildman–Crippen LogP) is 3.24. The number of hydrogen-bond donors (Lipinski definition) is 0. The van der Waals surface area contributed by atoms with E-state index < -0.39 is 30.8 Å². The Kier molecular flexibility index (Phi) is 5.55. The molecule has 2 aliphatic rings. The fraction of sp³-hybridized carbons (Fsp3) is 0.364. The molecule has 0 saturated carbocycles. The van der Waals surface area contributed by atoms with Crippen LogP contribution in [0, 0.1) is 11.3 Å². The lowest BCUT2D eigenvalue weighted by molar-refractivity contribution is -0.132. The first kappa shape index (κ1) is 20.7. The Bertz CT molecular complexity index is 1070. The number of nitrogens with zero attached hydrogens (tertiary/aromatic N) is 3. The lowest BCUT2D eigenvalue weighted by Crippen LogP contribution is -2.36. The van der Waals surface area contributed by atoms with Crippen LogP contribution in [-0.2, 0) is 4.79 Å². The van der Waals surface area contributed by atoms with Crippen molar-refractivity contribution >= 4 is 11.7 Å². The van der Waals surface area contributed by atoms with Crippen molar-refractivity contribution in [2.24, 2.45) is 0 Å². The molecule has 1 saturated heterocycles. The van der Waals surface area contributed by atoms with Crippen LogP contribution >= 0.6 is 0 Å². The zero-order valence-electron chi connectivity index (χ0n) is 16.5. The van der Waals surface area contributed by atoms with E-state index in [4.69, 9.17) is 14.7 Å². The minimum atomic E-state index is -3.09. The van der Waals surface area contributed by atoms with Crippen LogP contribution in [-0.4, -0.2) is 53.3 Å². The van der Waals surface area contributed by atoms with E-state index in [1.807, 2.05) is 0 Å². The number of fused-ring (bicyclic) bond motifs is 1. The van der Waals surface area contributed by atoms with Gasteiger partial charge in [-0.3, -0.25) is 14.6 Å². The smallest absolute Gasteiger partial charge is 0.268 e. The maximum atomic E-state index is 13.6. The van der Waals surface area contributed by atoms with Gasteiger partial charge in [0.1, 0.15) is 19.3 Å². The van der Waals surface area contributed by atoms with Crippen LogP contribution in [0.25, 0.3) is 11.1 Å². The third kappa shape index (κ3) is 4.33. The van der Waals surface area contributed by atoms with Crippen LogP contribution in [0.15, 0.2) is 36.7 Å². The predicted molar refractivity (Wildman–Crippen MR) is 105 cm³/mol. The van der Waals surface area contributed by atoms with E-state index >= 15 is 0 Å². The summed E-state index contributed by atoms with van der Waals surface area (Å²) >= 11 is 0. The summed E-state index contributed by atoms with van der Waals surface area (Å²) in [5, 5.41) is 9.05. The summed E-state index contributed by atoms with van der Waals surface area (Å²) in [5.41, 5.74) is 1.64. The second kappa shape index (κ2) is 8.30. The first-order chi connectivity index (χ1) is 14.9. The number of amides is 1. The molecule has 0 spiro atoms. The van der Waals surface area contributed by atoms with E-state index in [-0.39, 0.29) is 18.6 Å². The Morgan fingerprint density at radius 2 is 1.97 bits per heavy atom. The number of alkyl halides is 2. The number of rotatable bonds is 5. The number of halogens is 2. The zero-order valence-corrected chi connectivity index (χ0v) is 16.5. The third-order valence-corrected chi connectivity index (χ3v) is 5.28. The van der Waals surface area contributed by atoms with Gasteiger partial charge in [-0.05, 0) is 23.8 Å². The number of pyridine rings is 1. The number of benzene rings is 1. The van der Waals surface area contributed by atoms with Gasteiger partial charge in [0.05, 0.1) is 12.6 Å². The molecule has 0 aliphatic carbocycles. The molecule has 1 amide bonds. The first-order valence-corrected chi connectivity index (χ1v) is 9.82. The molecule has 160 valence electrons. The van der Waals surface area contributed by atoms with Crippen molar-refractivity contribution in [1.82, 2.24) is 9.88 Å². The molecule has 0 N–H and O–H groups in total. The molecule has 4 rings (SSSR count). The summed E-state index contributed by atoms with van der Waals surface area (Å²) in [7, 11) is 0. The van der Waals surface area contributed by atoms with E-state index in [0.29, 0.717) is 41.4 Å². The fourth-order valence-corrected chi connectivity index (χ4v) is 3.77. The molecular formula is C22H19F2N3O4. The minimum absolute atomic E-state index is 0.166. The van der Waals surface area contributed by atoms with Gasteiger partial charge in [0.15, 0.2) is 17.3 Å². The number of nitriles is 1. The second-order valence-corrected chi connectivity index (χ2v) is 7.43. The van der Waals surface area contributed by atoms with Crippen molar-refractivity contribution in [3.05, 3.63) is 42.2 Å². The molecule has 1 atom stereocenters. The second-order valence-electron chi connectivity index (χ2n) is 7.43. The molecule has 2 aliphatic heterocycles. The number of aromatic nitrogens is 1. The van der Waals surface area contributed by atoms with Gasteiger partial charge >= 0.3 is 0 Å². The average molecular weight is 427 g/mol. The lowest BCUT2D eigenvalue weighted by atomic mass is 9.96. The molecule has 2 aromatic rings. The van der Waals surface area contributed by atoms with Gasteiger partial charge in [-0.15, -0.1) is 0 Å². The lowest BCUT2D eigenvalue weighted by Gasteiger charge is -2.20. The molecule has 0 unspecified atom stereocenters. The first-order valence-electron chi connectivity index (χ1n) is 9.82. The van der Waals surface area contributed by atoms with E-state index in [2.05, 4.69) is 4.98 Å². The SMILES string of the molecule is N#C[C@@H]1CC(F)(F)CN1C(=O)CCC(=O)c1ccncc1-c1ccc2c(c1)OCCO2. The Labute approximate surface area is 177 Å². The standard InChI is InChI=1S/C22H19F2N3O4/c23-22(24)10-15(11-25)27(13-22)21(29)4-2-18(28)16-5-6-26-12-17(16)14-1-3-19-20(9-14)31-8-7-30-19/h1,3,5-6,9,12,15H,2,4,7-8,10,13H2/t15-/m0/s1. The summed E-state index contributed by atoms with van der Waals surface area (Å²) in [4.78, 5) is 30.2. The highest BCUT2D eigenvalue weighted by molar-refractivity contribution is 6.03. The van der Waals surface area contributed by atoms with E-state index in [0.717, 1.165) is 4.90 Å². The number of likely N-dealkylation sites (tertiary alicyclic amines) is 1. The van der Waals surface area contributed by atoms with Crippen molar-refractivity contribution in [3.63, 3.8) is 0 Å². The molecular weight excluding hydrogens is 408 g/mol. The van der Waals surface area contributed by atoms with Crippen molar-refractivity contribution in [2.75, 3.05) is 19.8 Å². The highest BCUT2D eigenvalue weighted by Gasteiger charge is 2.47. The number of ketones is 1. The summed E-state index contributed by atoms with van der Waals surface area (Å²) in [5.74, 6) is -2.85. The van der Waals surface area contributed by atoms with Crippen molar-refractivity contribution in [1.29, 1.82) is 5.26 Å². The van der Waals surface area contributed by atoms with E-state index in [1.54, 1.807) is 36.5 Å². The maximum absolute atomic E-state index is 13.6. The number of Topliss-reactive ketones (excluding diaryl/α,β-unsaturated/α-hetero) is 1. The van der Waals surface area contributed by atoms with Crippen molar-refractivity contribution in [3.8, 4) is 28.7 Å². The van der Waals surface area contributed by atoms with Gasteiger partial charge < -0.3 is 14.4 Å². The van der Waals surface area contributed by atoms with Crippen LogP contribution in [0.3, 0.4) is 0 Å². The quantitative estimate of drug-likeness (QED) is 0.681. The number of carbonyl (C=O) groups excluding carboxylic acids is 2. The third-order valence-electron chi connectivity index (χ3n) is 5.28. The Balaban J connectivity index is 1.49.